The van der Waals surface area contributed by atoms with Gasteiger partial charge in [0.15, 0.2) is 11.6 Å². The highest BCUT2D eigenvalue weighted by molar-refractivity contribution is 5.20. The van der Waals surface area contributed by atoms with E-state index in [-0.39, 0.29) is 11.6 Å². The van der Waals surface area contributed by atoms with Crippen LogP contribution in [0, 0.1) is 11.6 Å². The van der Waals surface area contributed by atoms with Crippen LogP contribution in [0.15, 0.2) is 18.2 Å². The van der Waals surface area contributed by atoms with E-state index in [1.807, 2.05) is 0 Å². The van der Waals surface area contributed by atoms with Crippen LogP contribution in [-0.4, -0.2) is 37.1 Å². The lowest BCUT2D eigenvalue weighted by atomic mass is 9.83. The van der Waals surface area contributed by atoms with E-state index in [0.717, 1.165) is 31.4 Å². The second kappa shape index (κ2) is 6.84. The van der Waals surface area contributed by atoms with Crippen molar-refractivity contribution in [2.75, 3.05) is 20.6 Å². The molecule has 4 heteroatoms. The average molecular weight is 296 g/mol. The highest BCUT2D eigenvalue weighted by atomic mass is 19.2. The Morgan fingerprint density at radius 1 is 1.19 bits per heavy atom. The maximum atomic E-state index is 13.4. The number of benzene rings is 1. The van der Waals surface area contributed by atoms with Gasteiger partial charge in [-0.15, -0.1) is 0 Å². The minimum absolute atomic E-state index is 0.112. The molecule has 0 amide bonds. The van der Waals surface area contributed by atoms with Crippen molar-refractivity contribution in [2.24, 2.45) is 0 Å². The Balaban J connectivity index is 2.23. The van der Waals surface area contributed by atoms with Gasteiger partial charge in [0, 0.05) is 11.6 Å². The molecule has 1 atom stereocenters. The predicted octanol–water partition coefficient (Wildman–Crippen LogP) is 3.36. The Hall–Kier alpha value is -1.00. The summed E-state index contributed by atoms with van der Waals surface area (Å²) >= 11 is 0. The van der Waals surface area contributed by atoms with Crippen molar-refractivity contribution in [3.8, 4) is 0 Å². The highest BCUT2D eigenvalue weighted by Crippen LogP contribution is 2.37. The molecule has 1 aliphatic carbocycles. The summed E-state index contributed by atoms with van der Waals surface area (Å²) in [5.74, 6) is -1.53. The molecule has 1 fully saturated rings. The molecule has 1 N–H and O–H groups in total. The number of hydrogen-bond donors (Lipinski definition) is 1. The molecule has 1 unspecified atom stereocenters. The Kier molecular flexibility index (Phi) is 5.33. The van der Waals surface area contributed by atoms with Crippen LogP contribution in [0.1, 0.15) is 38.2 Å². The van der Waals surface area contributed by atoms with Crippen LogP contribution in [0.5, 0.6) is 0 Å². The number of likely N-dealkylation sites (N-methyl/N-ethyl adjacent to an activating group) is 2. The van der Waals surface area contributed by atoms with Crippen molar-refractivity contribution in [3.05, 3.63) is 35.4 Å². The fraction of sp³-hybridized carbons (Fsp3) is 0.647. The molecule has 21 heavy (non-hydrogen) atoms. The third kappa shape index (κ3) is 3.43. The molecule has 118 valence electrons. The first-order chi connectivity index (χ1) is 9.99. The Bertz CT molecular complexity index is 468. The van der Waals surface area contributed by atoms with E-state index in [1.165, 1.54) is 25.0 Å². The van der Waals surface area contributed by atoms with Gasteiger partial charge in [-0.1, -0.05) is 25.8 Å². The molecule has 0 saturated heterocycles. The molecule has 0 heterocycles. The molecule has 0 bridgehead atoms. The van der Waals surface area contributed by atoms with Gasteiger partial charge in [0.1, 0.15) is 0 Å². The lowest BCUT2D eigenvalue weighted by Crippen LogP contribution is -2.58. The van der Waals surface area contributed by atoms with Crippen LogP contribution in [0.25, 0.3) is 0 Å². The van der Waals surface area contributed by atoms with Crippen LogP contribution in [0.4, 0.5) is 8.78 Å². The zero-order valence-corrected chi connectivity index (χ0v) is 13.3. The maximum absolute atomic E-state index is 13.4. The summed E-state index contributed by atoms with van der Waals surface area (Å²) in [7, 11) is 4.25. The van der Waals surface area contributed by atoms with E-state index in [0.29, 0.717) is 0 Å². The molecular formula is C17H26F2N2. The summed E-state index contributed by atoms with van der Waals surface area (Å²) < 4.78 is 26.5. The summed E-state index contributed by atoms with van der Waals surface area (Å²) in [5.41, 5.74) is 0.967. The number of rotatable bonds is 6. The molecule has 1 aliphatic rings. The summed E-state index contributed by atoms with van der Waals surface area (Å²) in [6.45, 7) is 2.97. The van der Waals surface area contributed by atoms with E-state index >= 15 is 0 Å². The van der Waals surface area contributed by atoms with E-state index in [4.69, 9.17) is 0 Å². The lowest BCUT2D eigenvalue weighted by Gasteiger charge is -2.44. The third-order valence-corrected chi connectivity index (χ3v) is 4.88. The Morgan fingerprint density at radius 3 is 2.38 bits per heavy atom. The predicted molar refractivity (Wildman–Crippen MR) is 82.4 cm³/mol. The van der Waals surface area contributed by atoms with Crippen LogP contribution in [0.2, 0.25) is 0 Å². The molecule has 0 radical (unpaired) electrons. The molecule has 0 aromatic heterocycles. The van der Waals surface area contributed by atoms with Gasteiger partial charge in [-0.05, 0) is 57.6 Å². The molecule has 2 nitrogen and oxygen atoms in total. The first-order valence-corrected chi connectivity index (χ1v) is 7.84. The van der Waals surface area contributed by atoms with E-state index < -0.39 is 11.6 Å². The molecule has 0 spiro atoms. The molecule has 1 saturated carbocycles. The summed E-state index contributed by atoms with van der Waals surface area (Å²) in [6, 6.07) is 4.51. The first kappa shape index (κ1) is 16.4. The third-order valence-electron chi connectivity index (χ3n) is 4.88. The van der Waals surface area contributed by atoms with Gasteiger partial charge in [-0.25, -0.2) is 8.78 Å². The van der Waals surface area contributed by atoms with Gasteiger partial charge < -0.3 is 10.2 Å². The number of halogens is 2. The van der Waals surface area contributed by atoms with Crippen LogP contribution < -0.4 is 5.32 Å². The smallest absolute Gasteiger partial charge is 0.159 e. The molecule has 2 rings (SSSR count). The topological polar surface area (TPSA) is 15.3 Å². The van der Waals surface area contributed by atoms with E-state index in [9.17, 15) is 8.78 Å². The van der Waals surface area contributed by atoms with Gasteiger partial charge in [-0.3, -0.25) is 0 Å². The van der Waals surface area contributed by atoms with Gasteiger partial charge >= 0.3 is 0 Å². The first-order valence-electron chi connectivity index (χ1n) is 7.84. The fourth-order valence-corrected chi connectivity index (χ4v) is 3.70. The van der Waals surface area contributed by atoms with Gasteiger partial charge in [0.05, 0.1) is 0 Å². The number of nitrogens with one attached hydrogen (secondary N) is 1. The Morgan fingerprint density at radius 2 is 1.86 bits per heavy atom. The number of hydrogen-bond acceptors (Lipinski definition) is 2. The lowest BCUT2D eigenvalue weighted by molar-refractivity contribution is 0.105. The highest BCUT2D eigenvalue weighted by Gasteiger charge is 2.42. The van der Waals surface area contributed by atoms with Gasteiger partial charge in [0.2, 0.25) is 0 Å². The minimum Gasteiger partial charge on any atom is -0.312 e. The second-order valence-corrected chi connectivity index (χ2v) is 6.27. The van der Waals surface area contributed by atoms with E-state index in [2.05, 4.69) is 31.2 Å². The van der Waals surface area contributed by atoms with Crippen molar-refractivity contribution in [2.45, 2.75) is 50.6 Å². The molecular weight excluding hydrogens is 270 g/mol. The fourth-order valence-electron chi connectivity index (χ4n) is 3.70. The van der Waals surface area contributed by atoms with E-state index in [1.54, 1.807) is 6.07 Å². The maximum Gasteiger partial charge on any atom is 0.159 e. The minimum atomic E-state index is -0.776. The zero-order chi connectivity index (χ0) is 15.5. The average Bonchev–Trinajstić information content (AvgIpc) is 2.93. The number of nitrogens with zero attached hydrogens (tertiary/aromatic N) is 1. The van der Waals surface area contributed by atoms with Gasteiger partial charge in [-0.2, -0.15) is 0 Å². The molecule has 1 aromatic rings. The largest absolute Gasteiger partial charge is 0.312 e. The summed E-state index contributed by atoms with van der Waals surface area (Å²) in [5, 5.41) is 3.57. The van der Waals surface area contributed by atoms with Crippen molar-refractivity contribution in [3.63, 3.8) is 0 Å². The SMILES string of the molecule is CCNC(Cc1ccc(F)c(F)c1)C1(N(C)C)CCCC1. The normalized spacial score (nSPS) is 19.1. The molecule has 0 aliphatic heterocycles. The van der Waals surface area contributed by atoms with Crippen LogP contribution in [0.3, 0.4) is 0 Å². The van der Waals surface area contributed by atoms with Crippen LogP contribution in [-0.2, 0) is 6.42 Å². The van der Waals surface area contributed by atoms with Crippen LogP contribution >= 0.6 is 0 Å². The second-order valence-electron chi connectivity index (χ2n) is 6.27. The monoisotopic (exact) mass is 296 g/mol. The summed E-state index contributed by atoms with van der Waals surface area (Å²) in [4.78, 5) is 2.31. The Labute approximate surface area is 126 Å². The summed E-state index contributed by atoms with van der Waals surface area (Å²) in [6.07, 6.45) is 5.50. The van der Waals surface area contributed by atoms with Gasteiger partial charge in [0.25, 0.3) is 0 Å². The standard InChI is InChI=1S/C17H26F2N2/c1-4-20-16(17(21(2)3)9-5-6-10-17)12-13-7-8-14(18)15(19)11-13/h7-8,11,16,20H,4-6,9-10,12H2,1-3H3. The molecule has 1 aromatic carbocycles. The van der Waals surface area contributed by atoms with Crippen molar-refractivity contribution >= 4 is 0 Å². The quantitative estimate of drug-likeness (QED) is 0.866. The van der Waals surface area contributed by atoms with Crippen molar-refractivity contribution < 1.29 is 8.78 Å². The van der Waals surface area contributed by atoms with Crippen molar-refractivity contribution in [1.29, 1.82) is 0 Å². The van der Waals surface area contributed by atoms with Crippen molar-refractivity contribution in [1.82, 2.24) is 10.2 Å². The zero-order valence-electron chi connectivity index (χ0n) is 13.3.